The molecule has 1 aromatic rings. The molecule has 1 rings (SSSR count). The van der Waals surface area contributed by atoms with Crippen LogP contribution in [-0.2, 0) is 4.79 Å². The van der Waals surface area contributed by atoms with Gasteiger partial charge in [0.15, 0.2) is 0 Å². The first-order valence-corrected chi connectivity index (χ1v) is 4.26. The molecule has 4 heteroatoms. The third kappa shape index (κ3) is 2.79. The molecular weight excluding hydrogens is 197 g/mol. The van der Waals surface area contributed by atoms with Crippen LogP contribution >= 0.6 is 0 Å². The molecule has 0 spiro atoms. The number of rotatable bonds is 2. The third-order valence-electron chi connectivity index (χ3n) is 1.78. The zero-order valence-electron chi connectivity index (χ0n) is 8.12. The summed E-state index contributed by atoms with van der Waals surface area (Å²) in [6, 6.07) is 3.61. The highest BCUT2D eigenvalue weighted by atomic mass is 19.1. The minimum atomic E-state index is -1.16. The Morgan fingerprint density at radius 3 is 2.87 bits per heavy atom. The van der Waals surface area contributed by atoms with Gasteiger partial charge in [-0.2, -0.15) is 0 Å². The average Bonchev–Trinajstić information content (AvgIpc) is 2.16. The molecule has 15 heavy (non-hydrogen) atoms. The number of aliphatic hydroxyl groups is 1. The lowest BCUT2D eigenvalue weighted by Gasteiger charge is -2.11. The monoisotopic (exact) mass is 207 g/mol. The fraction of sp³-hybridized carbons (Fsp3) is 0.182. The van der Waals surface area contributed by atoms with Crippen molar-refractivity contribution in [3.05, 3.63) is 29.6 Å². The second kappa shape index (κ2) is 4.58. The molecule has 0 aliphatic heterocycles. The average molecular weight is 207 g/mol. The number of benzene rings is 1. The number of anilines is 1. The summed E-state index contributed by atoms with van der Waals surface area (Å²) in [6.45, 7) is 1.29. The van der Waals surface area contributed by atoms with Gasteiger partial charge in [0, 0.05) is 12.5 Å². The molecule has 0 saturated heterocycles. The van der Waals surface area contributed by atoms with Crippen LogP contribution in [0.4, 0.5) is 10.1 Å². The van der Waals surface area contributed by atoms with Gasteiger partial charge in [0.2, 0.25) is 5.91 Å². The Bertz CT molecular complexity index is 423. The number of carbonyl (C=O) groups excluding carboxylic acids is 1. The molecule has 3 nitrogen and oxygen atoms in total. The van der Waals surface area contributed by atoms with Gasteiger partial charge in [-0.3, -0.25) is 4.79 Å². The zero-order valence-corrected chi connectivity index (χ0v) is 8.12. The number of terminal acetylenes is 1. The Hall–Kier alpha value is -1.86. The lowest BCUT2D eigenvalue weighted by atomic mass is 10.1. The van der Waals surface area contributed by atoms with Crippen LogP contribution in [0.5, 0.6) is 0 Å². The SMILES string of the molecule is C#C[C@H](O)c1ccc(F)cc1NC(C)=O. The van der Waals surface area contributed by atoms with E-state index in [4.69, 9.17) is 6.42 Å². The first kappa shape index (κ1) is 11.2. The number of hydrogen-bond donors (Lipinski definition) is 2. The summed E-state index contributed by atoms with van der Waals surface area (Å²) in [7, 11) is 0. The van der Waals surface area contributed by atoms with E-state index in [-0.39, 0.29) is 11.6 Å². The largest absolute Gasteiger partial charge is 0.376 e. The molecule has 0 aliphatic carbocycles. The maximum atomic E-state index is 12.9. The van der Waals surface area contributed by atoms with Gasteiger partial charge in [0.25, 0.3) is 0 Å². The predicted octanol–water partition coefficient (Wildman–Crippen LogP) is 1.45. The Kier molecular flexibility index (Phi) is 3.42. The van der Waals surface area contributed by atoms with Crippen molar-refractivity contribution in [1.29, 1.82) is 0 Å². The molecule has 78 valence electrons. The van der Waals surface area contributed by atoms with Crippen LogP contribution in [0.25, 0.3) is 0 Å². The van der Waals surface area contributed by atoms with Gasteiger partial charge in [0.05, 0.1) is 5.69 Å². The molecule has 1 aromatic carbocycles. The molecular formula is C11H10FNO2. The van der Waals surface area contributed by atoms with Crippen molar-refractivity contribution in [2.24, 2.45) is 0 Å². The van der Waals surface area contributed by atoms with Gasteiger partial charge in [-0.05, 0) is 12.1 Å². The van der Waals surface area contributed by atoms with Crippen LogP contribution in [0.2, 0.25) is 0 Å². The second-order valence-electron chi connectivity index (χ2n) is 2.98. The van der Waals surface area contributed by atoms with E-state index >= 15 is 0 Å². The first-order chi connectivity index (χ1) is 7.04. The van der Waals surface area contributed by atoms with Gasteiger partial charge in [0.1, 0.15) is 11.9 Å². The molecule has 0 radical (unpaired) electrons. The standard InChI is InChI=1S/C11H10FNO2/c1-3-11(15)9-5-4-8(12)6-10(9)13-7(2)14/h1,4-6,11,15H,2H3,(H,13,14)/t11-/m0/s1. The highest BCUT2D eigenvalue weighted by Crippen LogP contribution is 2.23. The summed E-state index contributed by atoms with van der Waals surface area (Å²) < 4.78 is 12.9. The fourth-order valence-corrected chi connectivity index (χ4v) is 1.15. The second-order valence-corrected chi connectivity index (χ2v) is 2.98. The summed E-state index contributed by atoms with van der Waals surface area (Å²) >= 11 is 0. The van der Waals surface area contributed by atoms with Crippen LogP contribution < -0.4 is 5.32 Å². The molecule has 0 heterocycles. The van der Waals surface area contributed by atoms with Crippen molar-refractivity contribution in [3.63, 3.8) is 0 Å². The van der Waals surface area contributed by atoms with Gasteiger partial charge < -0.3 is 10.4 Å². The Morgan fingerprint density at radius 1 is 1.67 bits per heavy atom. The summed E-state index contributed by atoms with van der Waals surface area (Å²) in [5, 5.41) is 11.8. The third-order valence-corrected chi connectivity index (χ3v) is 1.78. The van der Waals surface area contributed by atoms with Crippen molar-refractivity contribution in [3.8, 4) is 12.3 Å². The molecule has 0 bridgehead atoms. The van der Waals surface area contributed by atoms with Crippen molar-refractivity contribution < 1.29 is 14.3 Å². The lowest BCUT2D eigenvalue weighted by Crippen LogP contribution is -2.10. The Labute approximate surface area is 86.9 Å². The Balaban J connectivity index is 3.15. The predicted molar refractivity (Wildman–Crippen MR) is 54.5 cm³/mol. The normalized spacial score (nSPS) is 11.6. The molecule has 0 fully saturated rings. The van der Waals surface area contributed by atoms with Crippen molar-refractivity contribution in [2.75, 3.05) is 5.32 Å². The number of amides is 1. The fourth-order valence-electron chi connectivity index (χ4n) is 1.15. The van der Waals surface area contributed by atoms with E-state index < -0.39 is 11.9 Å². The number of halogens is 1. The summed E-state index contributed by atoms with van der Waals surface area (Å²) in [4.78, 5) is 10.8. The number of carbonyl (C=O) groups is 1. The van der Waals surface area contributed by atoms with Gasteiger partial charge >= 0.3 is 0 Å². The van der Waals surface area contributed by atoms with E-state index in [0.717, 1.165) is 6.07 Å². The highest BCUT2D eigenvalue weighted by Gasteiger charge is 2.11. The van der Waals surface area contributed by atoms with Crippen LogP contribution in [-0.4, -0.2) is 11.0 Å². The molecule has 0 unspecified atom stereocenters. The van der Waals surface area contributed by atoms with E-state index in [0.29, 0.717) is 5.56 Å². The molecule has 0 aromatic heterocycles. The minimum absolute atomic E-state index is 0.188. The number of aliphatic hydroxyl groups excluding tert-OH is 1. The van der Waals surface area contributed by atoms with E-state index in [1.54, 1.807) is 0 Å². The first-order valence-electron chi connectivity index (χ1n) is 4.26. The van der Waals surface area contributed by atoms with Crippen LogP contribution in [0, 0.1) is 18.2 Å². The van der Waals surface area contributed by atoms with Gasteiger partial charge in [-0.1, -0.05) is 12.0 Å². The topological polar surface area (TPSA) is 49.3 Å². The quantitative estimate of drug-likeness (QED) is 0.721. The van der Waals surface area contributed by atoms with Crippen molar-refractivity contribution >= 4 is 11.6 Å². The van der Waals surface area contributed by atoms with E-state index in [1.807, 2.05) is 0 Å². The van der Waals surface area contributed by atoms with Gasteiger partial charge in [-0.15, -0.1) is 6.42 Å². The maximum Gasteiger partial charge on any atom is 0.221 e. The molecule has 1 amide bonds. The summed E-state index contributed by atoms with van der Waals surface area (Å²) in [6.07, 6.45) is 3.88. The number of hydrogen-bond acceptors (Lipinski definition) is 2. The van der Waals surface area contributed by atoms with Crippen LogP contribution in [0.3, 0.4) is 0 Å². The van der Waals surface area contributed by atoms with E-state index in [1.165, 1.54) is 19.1 Å². The summed E-state index contributed by atoms with van der Waals surface area (Å²) in [5.74, 6) is 1.23. The molecule has 1 atom stereocenters. The van der Waals surface area contributed by atoms with E-state index in [2.05, 4.69) is 11.2 Å². The maximum absolute atomic E-state index is 12.9. The lowest BCUT2D eigenvalue weighted by molar-refractivity contribution is -0.114. The molecule has 0 saturated carbocycles. The summed E-state index contributed by atoms with van der Waals surface area (Å²) in [5.41, 5.74) is 0.488. The van der Waals surface area contributed by atoms with E-state index in [9.17, 15) is 14.3 Å². The molecule has 0 aliphatic rings. The van der Waals surface area contributed by atoms with Crippen LogP contribution in [0.1, 0.15) is 18.6 Å². The van der Waals surface area contributed by atoms with Crippen LogP contribution in [0.15, 0.2) is 18.2 Å². The Morgan fingerprint density at radius 2 is 2.33 bits per heavy atom. The molecule has 2 N–H and O–H groups in total. The van der Waals surface area contributed by atoms with Crippen molar-refractivity contribution in [1.82, 2.24) is 0 Å². The number of nitrogens with one attached hydrogen (secondary N) is 1. The minimum Gasteiger partial charge on any atom is -0.376 e. The van der Waals surface area contributed by atoms with Gasteiger partial charge in [-0.25, -0.2) is 4.39 Å². The van der Waals surface area contributed by atoms with Crippen molar-refractivity contribution in [2.45, 2.75) is 13.0 Å². The smallest absolute Gasteiger partial charge is 0.221 e. The highest BCUT2D eigenvalue weighted by molar-refractivity contribution is 5.89. The zero-order chi connectivity index (χ0) is 11.4.